The Balaban J connectivity index is 1.99. The summed E-state index contributed by atoms with van der Waals surface area (Å²) in [5.41, 5.74) is 3.25. The lowest BCUT2D eigenvalue weighted by Crippen LogP contribution is -2.30. The van der Waals surface area contributed by atoms with Gasteiger partial charge in [0.1, 0.15) is 5.82 Å². The lowest BCUT2D eigenvalue weighted by molar-refractivity contribution is 0.431. The predicted molar refractivity (Wildman–Crippen MR) is 123 cm³/mol. The molecule has 0 fully saturated rings. The molecule has 0 aliphatic heterocycles. The van der Waals surface area contributed by atoms with E-state index in [0.29, 0.717) is 37.1 Å². The predicted octanol–water partition coefficient (Wildman–Crippen LogP) is 5.99. The monoisotopic (exact) mass is 443 g/mol. The van der Waals surface area contributed by atoms with Crippen molar-refractivity contribution in [1.29, 1.82) is 5.41 Å². The topological polar surface area (TPSA) is 47.9 Å². The first kappa shape index (κ1) is 22.9. The highest BCUT2D eigenvalue weighted by Crippen LogP contribution is 2.45. The summed E-state index contributed by atoms with van der Waals surface area (Å²) in [6, 6.07) is 9.88. The molecule has 0 amide bonds. The van der Waals surface area contributed by atoms with E-state index in [1.165, 1.54) is 24.4 Å². The lowest BCUT2D eigenvalue weighted by atomic mass is 9.67. The Kier molecular flexibility index (Phi) is 7.41. The van der Waals surface area contributed by atoms with Crippen LogP contribution in [-0.4, -0.2) is 12.8 Å². The molecule has 162 valence electrons. The van der Waals surface area contributed by atoms with Gasteiger partial charge >= 0.3 is 0 Å². The molecule has 0 saturated carbocycles. The van der Waals surface area contributed by atoms with Gasteiger partial charge in [0.25, 0.3) is 0 Å². The third-order valence-electron chi connectivity index (χ3n) is 5.51. The van der Waals surface area contributed by atoms with E-state index < -0.39 is 17.0 Å². The molecular formula is C24H24F3N3S. The normalized spacial score (nSPS) is 18.5. The third-order valence-corrected chi connectivity index (χ3v) is 5.73. The smallest absolute Gasteiger partial charge is 0.159 e. The molecule has 3 N–H and O–H groups in total. The summed E-state index contributed by atoms with van der Waals surface area (Å²) in [5, 5.41) is 11.2. The van der Waals surface area contributed by atoms with Crippen LogP contribution in [-0.2, 0) is 6.42 Å². The largest absolute Gasteiger partial charge is 0.355 e. The number of thiol groups is 1. The maximum Gasteiger partial charge on any atom is 0.159 e. The minimum atomic E-state index is -0.892. The van der Waals surface area contributed by atoms with E-state index in [0.717, 1.165) is 22.9 Å². The quantitative estimate of drug-likeness (QED) is 0.219. The average Bonchev–Trinajstić information content (AvgIpc) is 2.77. The fourth-order valence-electron chi connectivity index (χ4n) is 3.87. The molecule has 1 aliphatic carbocycles. The molecule has 0 aromatic heterocycles. The van der Waals surface area contributed by atoms with Gasteiger partial charge in [-0.25, -0.2) is 13.2 Å². The average molecular weight is 444 g/mol. The summed E-state index contributed by atoms with van der Waals surface area (Å²) < 4.78 is 43.3. The molecule has 0 bridgehead atoms. The first-order chi connectivity index (χ1) is 14.9. The number of benzene rings is 2. The molecule has 3 nitrogen and oxygen atoms in total. The zero-order valence-corrected chi connectivity index (χ0v) is 17.8. The van der Waals surface area contributed by atoms with Gasteiger partial charge in [-0.2, -0.15) is 0 Å². The number of hydrogen-bond acceptors (Lipinski definition) is 4. The second-order valence-electron chi connectivity index (χ2n) is 7.51. The first-order valence-corrected chi connectivity index (χ1v) is 10.3. The molecule has 7 heteroatoms. The number of nitrogens with one attached hydrogen (secondary N) is 3. The molecule has 31 heavy (non-hydrogen) atoms. The second kappa shape index (κ2) is 10.0. The second-order valence-corrected chi connectivity index (χ2v) is 7.82. The fraction of sp³-hybridized carbons (Fsp3) is 0.208. The number of rotatable bonds is 9. The number of allylic oxidation sites excluding steroid dienone is 3. The Labute approximate surface area is 185 Å². The van der Waals surface area contributed by atoms with Crippen molar-refractivity contribution in [3.8, 4) is 0 Å². The third kappa shape index (κ3) is 5.29. The summed E-state index contributed by atoms with van der Waals surface area (Å²) in [7, 11) is 0. The van der Waals surface area contributed by atoms with Gasteiger partial charge in [0, 0.05) is 29.6 Å². The molecule has 0 saturated heterocycles. The van der Waals surface area contributed by atoms with Gasteiger partial charge in [0.15, 0.2) is 11.6 Å². The Morgan fingerprint density at radius 3 is 2.45 bits per heavy atom. The highest BCUT2D eigenvalue weighted by molar-refractivity contribution is 7.78. The number of halogens is 3. The number of hydrogen-bond donors (Lipinski definition) is 4. The van der Waals surface area contributed by atoms with Gasteiger partial charge in [-0.1, -0.05) is 30.5 Å². The van der Waals surface area contributed by atoms with E-state index in [1.54, 1.807) is 18.2 Å². The Morgan fingerprint density at radius 1 is 1.10 bits per heavy atom. The van der Waals surface area contributed by atoms with Crippen molar-refractivity contribution in [2.75, 3.05) is 11.9 Å². The van der Waals surface area contributed by atoms with Crippen LogP contribution >= 0.6 is 12.8 Å². The highest BCUT2D eigenvalue weighted by Gasteiger charge is 2.36. The van der Waals surface area contributed by atoms with Crippen molar-refractivity contribution in [3.63, 3.8) is 0 Å². The Bertz CT molecular complexity index is 1030. The van der Waals surface area contributed by atoms with Gasteiger partial charge in [-0.15, -0.1) is 6.58 Å². The minimum Gasteiger partial charge on any atom is -0.355 e. The zero-order chi connectivity index (χ0) is 22.4. The molecule has 1 unspecified atom stereocenters. The van der Waals surface area contributed by atoms with E-state index >= 15 is 0 Å². The van der Waals surface area contributed by atoms with E-state index in [4.69, 9.17) is 5.41 Å². The molecule has 0 heterocycles. The SMILES string of the molecule is C=CC1(Cc2ccc(F)c(F)c2)CC(C=N)=C(Nc2ccc(F)cc2)C=C1CCNS. The van der Waals surface area contributed by atoms with Crippen molar-refractivity contribution < 1.29 is 13.2 Å². The highest BCUT2D eigenvalue weighted by atomic mass is 32.1. The minimum absolute atomic E-state index is 0.330. The van der Waals surface area contributed by atoms with Gasteiger partial charge in [0.2, 0.25) is 0 Å². The molecule has 1 aliphatic rings. The molecular weight excluding hydrogens is 419 g/mol. The van der Waals surface area contributed by atoms with Crippen LogP contribution in [0, 0.1) is 28.3 Å². The Hall–Kier alpha value is -2.77. The van der Waals surface area contributed by atoms with Crippen LogP contribution in [0.4, 0.5) is 18.9 Å². The van der Waals surface area contributed by atoms with Crippen LogP contribution in [0.2, 0.25) is 0 Å². The van der Waals surface area contributed by atoms with Gasteiger partial charge in [-0.3, -0.25) is 4.72 Å². The summed E-state index contributed by atoms with van der Waals surface area (Å²) in [6.45, 7) is 4.62. The maximum absolute atomic E-state index is 13.8. The molecule has 0 spiro atoms. The van der Waals surface area contributed by atoms with Crippen LogP contribution < -0.4 is 10.0 Å². The van der Waals surface area contributed by atoms with Crippen molar-refractivity contribution in [1.82, 2.24) is 4.72 Å². The van der Waals surface area contributed by atoms with Crippen LogP contribution in [0.3, 0.4) is 0 Å². The maximum atomic E-state index is 13.8. The van der Waals surface area contributed by atoms with E-state index in [1.807, 2.05) is 12.2 Å². The van der Waals surface area contributed by atoms with E-state index in [2.05, 4.69) is 29.4 Å². The van der Waals surface area contributed by atoms with Gasteiger partial charge in [0.05, 0.1) is 0 Å². The standard InChI is InChI=1S/C24H24F3N3S/c1-2-24(13-16-3-8-21(26)22(27)11-16)14-17(15-28)23(12-18(24)9-10-29-31)30-20-6-4-19(25)5-7-20/h2-8,11-12,15,28-31H,1,9-10,13-14H2. The summed E-state index contributed by atoms with van der Waals surface area (Å²) in [6.07, 6.45) is 6.56. The number of anilines is 1. The zero-order valence-electron chi connectivity index (χ0n) is 16.9. The molecule has 3 rings (SSSR count). The van der Waals surface area contributed by atoms with Gasteiger partial charge < -0.3 is 10.7 Å². The summed E-state index contributed by atoms with van der Waals surface area (Å²) >= 11 is 4.08. The van der Waals surface area contributed by atoms with Crippen molar-refractivity contribution in [3.05, 3.63) is 101 Å². The fourth-order valence-corrected chi connectivity index (χ4v) is 3.98. The summed E-state index contributed by atoms with van der Waals surface area (Å²) in [5.74, 6) is -2.11. The van der Waals surface area contributed by atoms with Gasteiger partial charge in [-0.05, 0) is 72.9 Å². The molecule has 2 aromatic carbocycles. The van der Waals surface area contributed by atoms with E-state index in [-0.39, 0.29) is 5.82 Å². The molecule has 2 aromatic rings. The molecule has 0 radical (unpaired) electrons. The summed E-state index contributed by atoms with van der Waals surface area (Å²) in [4.78, 5) is 0. The van der Waals surface area contributed by atoms with Crippen LogP contribution in [0.15, 0.2) is 78.0 Å². The van der Waals surface area contributed by atoms with Crippen LogP contribution in [0.1, 0.15) is 18.4 Å². The van der Waals surface area contributed by atoms with Crippen molar-refractivity contribution in [2.45, 2.75) is 19.3 Å². The van der Waals surface area contributed by atoms with Crippen LogP contribution in [0.5, 0.6) is 0 Å². The van der Waals surface area contributed by atoms with E-state index in [9.17, 15) is 13.2 Å². The van der Waals surface area contributed by atoms with Crippen LogP contribution in [0.25, 0.3) is 0 Å². The van der Waals surface area contributed by atoms with Crippen molar-refractivity contribution in [2.24, 2.45) is 5.41 Å². The van der Waals surface area contributed by atoms with Crippen molar-refractivity contribution >= 4 is 24.7 Å². The first-order valence-electron chi connectivity index (χ1n) is 9.82. The lowest BCUT2D eigenvalue weighted by Gasteiger charge is -2.38. The molecule has 1 atom stereocenters. The Morgan fingerprint density at radius 2 is 1.84 bits per heavy atom.